The number of nitrogens with zero attached hydrogens (tertiary/aromatic N) is 5. The van der Waals surface area contributed by atoms with Gasteiger partial charge in [0.15, 0.2) is 0 Å². The van der Waals surface area contributed by atoms with Crippen molar-refractivity contribution in [1.29, 1.82) is 0 Å². The molecule has 0 amide bonds. The predicted octanol–water partition coefficient (Wildman–Crippen LogP) is 3.54. The zero-order chi connectivity index (χ0) is 16.5. The van der Waals surface area contributed by atoms with Crippen molar-refractivity contribution in [3.05, 3.63) is 48.0 Å². The molecule has 0 atom stereocenters. The summed E-state index contributed by atoms with van der Waals surface area (Å²) in [5.41, 5.74) is 3.40. The van der Waals surface area contributed by atoms with Gasteiger partial charge in [-0.05, 0) is 38.0 Å². The third-order valence-corrected chi connectivity index (χ3v) is 4.88. The topological polar surface area (TPSA) is 46.8 Å². The summed E-state index contributed by atoms with van der Waals surface area (Å²) in [6, 6.07) is 10.9. The number of hydrogen-bond acceptors (Lipinski definition) is 4. The fourth-order valence-electron chi connectivity index (χ4n) is 3.66. The number of para-hydroxylation sites is 2. The lowest BCUT2D eigenvalue weighted by molar-refractivity contribution is 0.392. The van der Waals surface area contributed by atoms with Crippen LogP contribution in [0.15, 0.2) is 36.5 Å². The van der Waals surface area contributed by atoms with E-state index in [2.05, 4.69) is 50.6 Å². The Labute approximate surface area is 142 Å². The van der Waals surface area contributed by atoms with Crippen LogP contribution in [0.4, 0.5) is 5.95 Å². The van der Waals surface area contributed by atoms with Crippen molar-refractivity contribution in [2.75, 3.05) is 18.0 Å². The first-order valence-electron chi connectivity index (χ1n) is 8.76. The molecular weight excluding hydrogens is 298 g/mol. The van der Waals surface area contributed by atoms with E-state index in [-0.39, 0.29) is 0 Å². The fourth-order valence-corrected chi connectivity index (χ4v) is 3.66. The third kappa shape index (κ3) is 2.64. The molecule has 24 heavy (non-hydrogen) atoms. The molecule has 0 saturated carbocycles. The Morgan fingerprint density at radius 1 is 1.08 bits per heavy atom. The van der Waals surface area contributed by atoms with Gasteiger partial charge in [-0.1, -0.05) is 19.1 Å². The number of fused-ring (bicyclic) bond motifs is 1. The average Bonchev–Trinajstić information content (AvgIpc) is 3.00. The Balaban J connectivity index is 1.58. The van der Waals surface area contributed by atoms with Crippen molar-refractivity contribution in [1.82, 2.24) is 19.5 Å². The lowest BCUT2D eigenvalue weighted by Gasteiger charge is -2.33. The first-order valence-corrected chi connectivity index (χ1v) is 8.76. The van der Waals surface area contributed by atoms with Crippen LogP contribution in [-0.2, 0) is 6.42 Å². The number of imidazole rings is 1. The maximum absolute atomic E-state index is 4.82. The first kappa shape index (κ1) is 15.1. The molecule has 1 fully saturated rings. The summed E-state index contributed by atoms with van der Waals surface area (Å²) in [7, 11) is 0. The molecule has 3 heterocycles. The standard InChI is InChI=1S/C19H23N5/c1-3-18-22-16-6-4-5-7-17(16)24(18)15-9-12-23(13-10-15)19-20-11-8-14(2)21-19/h4-8,11,15H,3,9-10,12-13H2,1-2H3. The summed E-state index contributed by atoms with van der Waals surface area (Å²) in [5.74, 6) is 2.06. The Kier molecular flexibility index (Phi) is 3.92. The molecule has 4 rings (SSSR count). The molecule has 3 aromatic rings. The van der Waals surface area contributed by atoms with E-state index < -0.39 is 0 Å². The number of anilines is 1. The molecule has 2 aromatic heterocycles. The first-order chi connectivity index (χ1) is 11.8. The maximum Gasteiger partial charge on any atom is 0.225 e. The van der Waals surface area contributed by atoms with Crippen molar-refractivity contribution in [3.63, 3.8) is 0 Å². The van der Waals surface area contributed by atoms with Crippen LogP contribution < -0.4 is 4.90 Å². The van der Waals surface area contributed by atoms with E-state index in [0.717, 1.165) is 49.5 Å². The lowest BCUT2D eigenvalue weighted by atomic mass is 10.0. The van der Waals surface area contributed by atoms with Crippen molar-refractivity contribution < 1.29 is 0 Å². The summed E-state index contributed by atoms with van der Waals surface area (Å²) in [6.45, 7) is 6.18. The van der Waals surface area contributed by atoms with Crippen molar-refractivity contribution in [3.8, 4) is 0 Å². The van der Waals surface area contributed by atoms with Gasteiger partial charge in [0, 0.05) is 37.4 Å². The number of rotatable bonds is 3. The molecule has 1 aliphatic heterocycles. The largest absolute Gasteiger partial charge is 0.341 e. The van der Waals surface area contributed by atoms with Crippen molar-refractivity contribution in [2.45, 2.75) is 39.2 Å². The van der Waals surface area contributed by atoms with Gasteiger partial charge >= 0.3 is 0 Å². The Bertz CT molecular complexity index is 846. The van der Waals surface area contributed by atoms with Gasteiger partial charge in [0.25, 0.3) is 0 Å². The third-order valence-electron chi connectivity index (χ3n) is 4.88. The van der Waals surface area contributed by atoms with Crippen LogP contribution in [-0.4, -0.2) is 32.6 Å². The van der Waals surface area contributed by atoms with Gasteiger partial charge in [-0.25, -0.2) is 15.0 Å². The van der Waals surface area contributed by atoms with Gasteiger partial charge in [0.2, 0.25) is 5.95 Å². The minimum atomic E-state index is 0.508. The normalized spacial score (nSPS) is 16.0. The molecule has 5 heteroatoms. The van der Waals surface area contributed by atoms with Crippen LogP contribution >= 0.6 is 0 Å². The smallest absolute Gasteiger partial charge is 0.225 e. The second-order valence-corrected chi connectivity index (χ2v) is 6.46. The van der Waals surface area contributed by atoms with Gasteiger partial charge in [0.05, 0.1) is 11.0 Å². The highest BCUT2D eigenvalue weighted by atomic mass is 15.3. The molecule has 0 N–H and O–H groups in total. The van der Waals surface area contributed by atoms with Gasteiger partial charge in [-0.3, -0.25) is 0 Å². The molecular formula is C19H23N5. The van der Waals surface area contributed by atoms with Gasteiger partial charge < -0.3 is 9.47 Å². The number of aryl methyl sites for hydroxylation is 2. The molecule has 0 bridgehead atoms. The Hall–Kier alpha value is -2.43. The molecule has 0 unspecified atom stereocenters. The monoisotopic (exact) mass is 321 g/mol. The molecule has 0 spiro atoms. The minimum absolute atomic E-state index is 0.508. The Morgan fingerprint density at radius 2 is 1.88 bits per heavy atom. The number of piperidine rings is 1. The molecule has 0 radical (unpaired) electrons. The summed E-state index contributed by atoms with van der Waals surface area (Å²) >= 11 is 0. The second-order valence-electron chi connectivity index (χ2n) is 6.46. The molecule has 1 aliphatic rings. The van der Waals surface area contributed by atoms with E-state index in [0.29, 0.717) is 6.04 Å². The van der Waals surface area contributed by atoms with Crippen LogP contribution in [0.1, 0.15) is 37.3 Å². The fraction of sp³-hybridized carbons (Fsp3) is 0.421. The molecule has 1 aromatic carbocycles. The molecule has 124 valence electrons. The number of hydrogen-bond donors (Lipinski definition) is 0. The van der Waals surface area contributed by atoms with Gasteiger partial charge in [-0.2, -0.15) is 0 Å². The van der Waals surface area contributed by atoms with Gasteiger partial charge in [0.1, 0.15) is 5.82 Å². The van der Waals surface area contributed by atoms with E-state index in [4.69, 9.17) is 4.98 Å². The van der Waals surface area contributed by atoms with Crippen LogP contribution in [0.3, 0.4) is 0 Å². The lowest BCUT2D eigenvalue weighted by Crippen LogP contribution is -2.36. The van der Waals surface area contributed by atoms with E-state index in [9.17, 15) is 0 Å². The second kappa shape index (κ2) is 6.23. The average molecular weight is 321 g/mol. The SMILES string of the molecule is CCc1nc2ccccc2n1C1CCN(c2nccc(C)n2)CC1. The number of benzene rings is 1. The summed E-state index contributed by atoms with van der Waals surface area (Å²) in [5, 5.41) is 0. The Morgan fingerprint density at radius 3 is 2.62 bits per heavy atom. The minimum Gasteiger partial charge on any atom is -0.341 e. The van der Waals surface area contributed by atoms with Crippen LogP contribution in [0.5, 0.6) is 0 Å². The number of aromatic nitrogens is 4. The summed E-state index contributed by atoms with van der Waals surface area (Å²) in [4.78, 5) is 16.1. The van der Waals surface area contributed by atoms with Gasteiger partial charge in [-0.15, -0.1) is 0 Å². The van der Waals surface area contributed by atoms with E-state index in [1.807, 2.05) is 19.2 Å². The maximum atomic E-state index is 4.82. The quantitative estimate of drug-likeness (QED) is 0.740. The molecule has 1 saturated heterocycles. The highest BCUT2D eigenvalue weighted by molar-refractivity contribution is 5.76. The van der Waals surface area contributed by atoms with Crippen molar-refractivity contribution >= 4 is 17.0 Å². The predicted molar refractivity (Wildman–Crippen MR) is 96.4 cm³/mol. The van der Waals surface area contributed by atoms with E-state index >= 15 is 0 Å². The van der Waals surface area contributed by atoms with E-state index in [1.165, 1.54) is 11.3 Å². The van der Waals surface area contributed by atoms with Crippen LogP contribution in [0, 0.1) is 6.92 Å². The zero-order valence-electron chi connectivity index (χ0n) is 14.3. The van der Waals surface area contributed by atoms with Crippen molar-refractivity contribution in [2.24, 2.45) is 0 Å². The highest BCUT2D eigenvalue weighted by Gasteiger charge is 2.25. The van der Waals surface area contributed by atoms with E-state index in [1.54, 1.807) is 0 Å². The highest BCUT2D eigenvalue weighted by Crippen LogP contribution is 2.30. The van der Waals surface area contributed by atoms with Crippen LogP contribution in [0.25, 0.3) is 11.0 Å². The summed E-state index contributed by atoms with van der Waals surface area (Å²) in [6.07, 6.45) is 5.02. The summed E-state index contributed by atoms with van der Waals surface area (Å²) < 4.78 is 2.46. The molecule has 5 nitrogen and oxygen atoms in total. The zero-order valence-corrected chi connectivity index (χ0v) is 14.3. The molecule has 0 aliphatic carbocycles. The van der Waals surface area contributed by atoms with Crippen LogP contribution in [0.2, 0.25) is 0 Å².